The maximum Gasteiger partial charge on any atom is 0.340 e. The van der Waals surface area contributed by atoms with Crippen molar-refractivity contribution in [2.45, 2.75) is 31.6 Å². The molecule has 0 aromatic heterocycles. The number of carbonyl (C=O) groups is 4. The van der Waals surface area contributed by atoms with Gasteiger partial charge in [-0.2, -0.15) is 0 Å². The number of ether oxygens (including phenoxy) is 3. The summed E-state index contributed by atoms with van der Waals surface area (Å²) < 4.78 is 15.6. The number of rotatable bonds is 4. The van der Waals surface area contributed by atoms with E-state index in [0.717, 1.165) is 7.11 Å². The second-order valence-electron chi connectivity index (χ2n) is 7.37. The van der Waals surface area contributed by atoms with E-state index in [4.69, 9.17) is 19.9 Å². The van der Waals surface area contributed by atoms with Crippen molar-refractivity contribution in [3.05, 3.63) is 52.6 Å². The predicted octanol–water partition coefficient (Wildman–Crippen LogP) is 1.21. The standard InChI is InChI=1S/C22H22N2O7/c1-3-30-16(26)11-24-13-8-5-4-7-12(13)22(21(24)28)17-14(25)9-6-10-15(17)31-19(23)18(22)20(27)29-2/h4-5,7-8H,3,6,9-11,23H2,1-2H3/t22-/m0/s1. The number of benzene rings is 1. The van der Waals surface area contributed by atoms with E-state index in [1.54, 1.807) is 31.2 Å². The molecule has 1 aliphatic carbocycles. The lowest BCUT2D eigenvalue weighted by Crippen LogP contribution is -2.52. The van der Waals surface area contributed by atoms with Gasteiger partial charge in [-0.05, 0) is 19.4 Å². The topological polar surface area (TPSA) is 125 Å². The molecule has 9 nitrogen and oxygen atoms in total. The molecule has 9 heteroatoms. The van der Waals surface area contributed by atoms with Crippen LogP contribution in [0, 0.1) is 0 Å². The molecule has 1 atom stereocenters. The second-order valence-corrected chi connectivity index (χ2v) is 7.37. The number of hydrogen-bond donors (Lipinski definition) is 1. The minimum atomic E-state index is -1.84. The Morgan fingerprint density at radius 2 is 1.97 bits per heavy atom. The van der Waals surface area contributed by atoms with Crippen LogP contribution in [0.3, 0.4) is 0 Å². The average Bonchev–Trinajstić information content (AvgIpc) is 2.97. The minimum absolute atomic E-state index is 0.0807. The Kier molecular flexibility index (Phi) is 5.04. The van der Waals surface area contributed by atoms with Crippen LogP contribution >= 0.6 is 0 Å². The van der Waals surface area contributed by atoms with Crippen molar-refractivity contribution in [1.29, 1.82) is 0 Å². The lowest BCUT2D eigenvalue weighted by atomic mass is 9.64. The summed E-state index contributed by atoms with van der Waals surface area (Å²) in [6, 6.07) is 6.68. The Hall–Kier alpha value is -3.62. The summed E-state index contributed by atoms with van der Waals surface area (Å²) in [6.07, 6.45) is 1.13. The van der Waals surface area contributed by atoms with Gasteiger partial charge in [0.2, 0.25) is 11.8 Å². The third-order valence-corrected chi connectivity index (χ3v) is 5.74. The van der Waals surface area contributed by atoms with Crippen molar-refractivity contribution in [3.8, 4) is 0 Å². The van der Waals surface area contributed by atoms with Gasteiger partial charge in [0.15, 0.2) is 5.78 Å². The zero-order valence-corrected chi connectivity index (χ0v) is 17.2. The van der Waals surface area contributed by atoms with Crippen molar-refractivity contribution < 1.29 is 33.4 Å². The van der Waals surface area contributed by atoms with Gasteiger partial charge in [-0.3, -0.25) is 19.3 Å². The van der Waals surface area contributed by atoms with Gasteiger partial charge in [0.25, 0.3) is 0 Å². The van der Waals surface area contributed by atoms with Crippen LogP contribution in [0.2, 0.25) is 0 Å². The molecule has 2 heterocycles. The number of fused-ring (bicyclic) bond motifs is 3. The van der Waals surface area contributed by atoms with E-state index >= 15 is 0 Å². The molecule has 162 valence electrons. The van der Waals surface area contributed by atoms with Gasteiger partial charge in [-0.1, -0.05) is 18.2 Å². The van der Waals surface area contributed by atoms with E-state index in [0.29, 0.717) is 24.1 Å². The van der Waals surface area contributed by atoms with E-state index in [-0.39, 0.29) is 48.1 Å². The predicted molar refractivity (Wildman–Crippen MR) is 107 cm³/mol. The van der Waals surface area contributed by atoms with Crippen LogP contribution in [0.4, 0.5) is 5.69 Å². The molecule has 0 saturated carbocycles. The van der Waals surface area contributed by atoms with Crippen molar-refractivity contribution in [2.75, 3.05) is 25.2 Å². The number of ketones is 1. The first-order valence-electron chi connectivity index (χ1n) is 9.98. The number of carbonyl (C=O) groups excluding carboxylic acids is 4. The highest BCUT2D eigenvalue weighted by atomic mass is 16.5. The highest BCUT2D eigenvalue weighted by Gasteiger charge is 2.63. The molecule has 4 rings (SSSR count). The van der Waals surface area contributed by atoms with Crippen LogP contribution in [0.15, 0.2) is 47.1 Å². The number of esters is 2. The summed E-state index contributed by atoms with van der Waals surface area (Å²) in [6.45, 7) is 1.43. The first kappa shape index (κ1) is 20.6. The van der Waals surface area contributed by atoms with E-state index in [9.17, 15) is 19.2 Å². The lowest BCUT2D eigenvalue weighted by molar-refractivity contribution is -0.142. The fraction of sp³-hybridized carbons (Fsp3) is 0.364. The fourth-order valence-corrected chi connectivity index (χ4v) is 4.61. The van der Waals surface area contributed by atoms with Crippen LogP contribution in [-0.2, 0) is 38.8 Å². The molecule has 0 fully saturated rings. The highest BCUT2D eigenvalue weighted by molar-refractivity contribution is 6.24. The number of Topliss-reactive ketones (excluding diaryl/α,β-unsaturated/α-hetero) is 1. The maximum atomic E-state index is 14.0. The summed E-state index contributed by atoms with van der Waals surface area (Å²) in [5.41, 5.74) is 4.87. The molecule has 2 aliphatic heterocycles. The molecular weight excluding hydrogens is 404 g/mol. The number of nitrogens with two attached hydrogens (primary N) is 1. The molecule has 31 heavy (non-hydrogen) atoms. The number of anilines is 1. The SMILES string of the molecule is CCOC(=O)CN1C(=O)[C@@]2(C(C(=O)OC)=C(N)OC3=C2C(=O)CCC3)c2ccccc21. The average molecular weight is 426 g/mol. The van der Waals surface area contributed by atoms with E-state index in [2.05, 4.69) is 0 Å². The first-order valence-corrected chi connectivity index (χ1v) is 9.98. The Morgan fingerprint density at radius 3 is 2.68 bits per heavy atom. The van der Waals surface area contributed by atoms with Gasteiger partial charge in [0.1, 0.15) is 23.3 Å². The molecule has 1 aromatic rings. The quantitative estimate of drug-likeness (QED) is 0.713. The van der Waals surface area contributed by atoms with Crippen molar-refractivity contribution >= 4 is 29.3 Å². The summed E-state index contributed by atoms with van der Waals surface area (Å²) in [7, 11) is 1.16. The van der Waals surface area contributed by atoms with Crippen LogP contribution in [0.25, 0.3) is 0 Å². The third kappa shape index (κ3) is 2.83. The zero-order valence-electron chi connectivity index (χ0n) is 17.2. The molecule has 0 radical (unpaired) electrons. The minimum Gasteiger partial charge on any atom is -0.465 e. The van der Waals surface area contributed by atoms with Crippen molar-refractivity contribution in [2.24, 2.45) is 5.73 Å². The van der Waals surface area contributed by atoms with Crippen LogP contribution in [-0.4, -0.2) is 43.9 Å². The Morgan fingerprint density at radius 1 is 1.23 bits per heavy atom. The number of methoxy groups -OCH3 is 1. The molecule has 2 N–H and O–H groups in total. The number of hydrogen-bond acceptors (Lipinski definition) is 8. The summed E-state index contributed by atoms with van der Waals surface area (Å²) in [5, 5.41) is 0. The van der Waals surface area contributed by atoms with Crippen molar-refractivity contribution in [1.82, 2.24) is 0 Å². The molecule has 1 spiro atoms. The number of amides is 1. The Bertz CT molecular complexity index is 1070. The van der Waals surface area contributed by atoms with Crippen LogP contribution in [0.1, 0.15) is 31.7 Å². The lowest BCUT2D eigenvalue weighted by Gasteiger charge is -2.38. The second kappa shape index (κ2) is 7.57. The summed E-state index contributed by atoms with van der Waals surface area (Å²) in [4.78, 5) is 53.5. The first-order chi connectivity index (χ1) is 14.9. The molecule has 0 saturated heterocycles. The monoisotopic (exact) mass is 426 g/mol. The maximum absolute atomic E-state index is 14.0. The van der Waals surface area contributed by atoms with E-state index < -0.39 is 23.3 Å². The Balaban J connectivity index is 2.02. The molecule has 3 aliphatic rings. The number of para-hydroxylation sites is 1. The largest absolute Gasteiger partial charge is 0.465 e. The molecule has 1 amide bonds. The number of allylic oxidation sites excluding steroid dienone is 1. The third-order valence-electron chi connectivity index (χ3n) is 5.74. The van der Waals surface area contributed by atoms with Gasteiger partial charge in [-0.25, -0.2) is 4.79 Å². The molecule has 0 bridgehead atoms. The van der Waals surface area contributed by atoms with Crippen LogP contribution < -0.4 is 10.6 Å². The van der Waals surface area contributed by atoms with Crippen molar-refractivity contribution in [3.63, 3.8) is 0 Å². The number of nitrogens with zero attached hydrogens (tertiary/aromatic N) is 1. The smallest absolute Gasteiger partial charge is 0.340 e. The Labute approximate surface area is 178 Å². The van der Waals surface area contributed by atoms with Gasteiger partial charge >= 0.3 is 11.9 Å². The van der Waals surface area contributed by atoms with E-state index in [1.807, 2.05) is 0 Å². The van der Waals surface area contributed by atoms with Gasteiger partial charge < -0.3 is 19.9 Å². The van der Waals surface area contributed by atoms with Gasteiger partial charge in [0.05, 0.1) is 19.3 Å². The highest BCUT2D eigenvalue weighted by Crippen LogP contribution is 2.55. The van der Waals surface area contributed by atoms with Gasteiger partial charge in [0, 0.05) is 24.1 Å². The summed E-state index contributed by atoms with van der Waals surface area (Å²) >= 11 is 0. The van der Waals surface area contributed by atoms with Gasteiger partial charge in [-0.15, -0.1) is 0 Å². The summed E-state index contributed by atoms with van der Waals surface area (Å²) in [5.74, 6) is -2.48. The molecule has 1 aromatic carbocycles. The van der Waals surface area contributed by atoms with E-state index in [1.165, 1.54) is 4.90 Å². The normalized spacial score (nSPS) is 22.3. The molecular formula is C22H22N2O7. The van der Waals surface area contributed by atoms with Crippen LogP contribution in [0.5, 0.6) is 0 Å². The molecule has 0 unspecified atom stereocenters. The zero-order chi connectivity index (χ0) is 22.3. The fourth-order valence-electron chi connectivity index (χ4n) is 4.61.